The Balaban J connectivity index is 1.92. The van der Waals surface area contributed by atoms with Crippen molar-refractivity contribution in [3.63, 3.8) is 0 Å². The summed E-state index contributed by atoms with van der Waals surface area (Å²) in [5.74, 6) is 4.93. The summed E-state index contributed by atoms with van der Waals surface area (Å²) in [5, 5.41) is 0. The van der Waals surface area contributed by atoms with Gasteiger partial charge in [-0.15, -0.1) is 0 Å². The van der Waals surface area contributed by atoms with Crippen LogP contribution in [0.1, 0.15) is 25.7 Å². The third-order valence-corrected chi connectivity index (χ3v) is 3.61. The zero-order chi connectivity index (χ0) is 5.14. The quantitative estimate of drug-likeness (QED) is 0.445. The van der Waals surface area contributed by atoms with Gasteiger partial charge < -0.3 is 0 Å². The fourth-order valence-electron chi connectivity index (χ4n) is 2.91. The minimum atomic E-state index is 1.22. The first kappa shape index (κ1) is 3.92. The van der Waals surface area contributed by atoms with Crippen molar-refractivity contribution in [1.29, 1.82) is 0 Å². The molecule has 0 aromatic carbocycles. The molecule has 3 aliphatic rings. The average Bonchev–Trinajstić information content (AvgIpc) is 2.34. The van der Waals surface area contributed by atoms with E-state index in [1.54, 1.807) is 25.7 Å². The van der Waals surface area contributed by atoms with E-state index in [0.29, 0.717) is 0 Å². The SMILES string of the molecule is C1C2C[C@@H]3CCC3C12. The Labute approximate surface area is 50.3 Å². The number of hydrogen-bond donors (Lipinski definition) is 0. The maximum Gasteiger partial charge on any atom is -0.0352 e. The first-order valence-corrected chi connectivity index (χ1v) is 3.95. The van der Waals surface area contributed by atoms with Gasteiger partial charge in [0.2, 0.25) is 0 Å². The van der Waals surface area contributed by atoms with Crippen molar-refractivity contribution in [1.82, 2.24) is 0 Å². The minimum Gasteiger partial charge on any atom is -0.0499 e. The molecule has 8 heavy (non-hydrogen) atoms. The van der Waals surface area contributed by atoms with Crippen molar-refractivity contribution in [2.75, 3.05) is 0 Å². The number of fused-ring (bicyclic) bond motifs is 3. The molecule has 0 radical (unpaired) electrons. The molecule has 3 saturated carbocycles. The highest BCUT2D eigenvalue weighted by molar-refractivity contribution is 5.05. The van der Waals surface area contributed by atoms with Crippen molar-refractivity contribution >= 4 is 0 Å². The molecule has 3 rings (SSSR count). The fraction of sp³-hybridized carbons (Fsp3) is 1.00. The van der Waals surface area contributed by atoms with Gasteiger partial charge in [0, 0.05) is 0 Å². The van der Waals surface area contributed by atoms with Gasteiger partial charge in [0.05, 0.1) is 0 Å². The van der Waals surface area contributed by atoms with Gasteiger partial charge >= 0.3 is 0 Å². The number of hydrogen-bond acceptors (Lipinski definition) is 0. The van der Waals surface area contributed by atoms with Crippen LogP contribution in [0.15, 0.2) is 0 Å². The van der Waals surface area contributed by atoms with Gasteiger partial charge in [-0.1, -0.05) is 0 Å². The summed E-state index contributed by atoms with van der Waals surface area (Å²) in [6.07, 6.45) is 6.40. The van der Waals surface area contributed by atoms with E-state index in [9.17, 15) is 0 Å². The van der Waals surface area contributed by atoms with Gasteiger partial charge in [0.25, 0.3) is 0 Å². The second-order valence-electron chi connectivity index (χ2n) is 3.90. The van der Waals surface area contributed by atoms with Crippen LogP contribution in [0.2, 0.25) is 0 Å². The van der Waals surface area contributed by atoms with Crippen molar-refractivity contribution in [2.24, 2.45) is 23.7 Å². The maximum atomic E-state index is 1.62. The predicted molar refractivity (Wildman–Crippen MR) is 32.4 cm³/mol. The minimum absolute atomic E-state index is 1.22. The Morgan fingerprint density at radius 1 is 0.750 bits per heavy atom. The lowest BCUT2D eigenvalue weighted by atomic mass is 9.73. The molecule has 3 unspecified atom stereocenters. The Hall–Kier alpha value is 0. The molecule has 0 heterocycles. The molecule has 0 aromatic heterocycles. The molecule has 0 saturated heterocycles. The molecule has 44 valence electrons. The summed E-state index contributed by atoms with van der Waals surface area (Å²) >= 11 is 0. The van der Waals surface area contributed by atoms with Crippen LogP contribution in [-0.2, 0) is 0 Å². The lowest BCUT2D eigenvalue weighted by molar-refractivity contribution is 0.182. The predicted octanol–water partition coefficient (Wildman–Crippen LogP) is 2.05. The lowest BCUT2D eigenvalue weighted by Gasteiger charge is -2.32. The zero-order valence-corrected chi connectivity index (χ0v) is 5.14. The van der Waals surface area contributed by atoms with E-state index in [-0.39, 0.29) is 0 Å². The summed E-state index contributed by atoms with van der Waals surface area (Å²) in [5.41, 5.74) is 0. The zero-order valence-electron chi connectivity index (χ0n) is 5.14. The monoisotopic (exact) mass is 108 g/mol. The van der Waals surface area contributed by atoms with Gasteiger partial charge in [0.15, 0.2) is 0 Å². The molecule has 4 atom stereocenters. The van der Waals surface area contributed by atoms with E-state index >= 15 is 0 Å². The molecule has 0 spiro atoms. The van der Waals surface area contributed by atoms with Crippen molar-refractivity contribution in [2.45, 2.75) is 25.7 Å². The molecule has 3 fully saturated rings. The smallest absolute Gasteiger partial charge is 0.0352 e. The maximum absolute atomic E-state index is 1.62. The highest BCUT2D eigenvalue weighted by Gasteiger charge is 2.56. The van der Waals surface area contributed by atoms with E-state index in [4.69, 9.17) is 0 Å². The second kappa shape index (κ2) is 0.984. The van der Waals surface area contributed by atoms with Crippen LogP contribution >= 0.6 is 0 Å². The first-order chi connectivity index (χ1) is 3.95. The molecule has 0 nitrogen and oxygen atoms in total. The van der Waals surface area contributed by atoms with Crippen LogP contribution in [-0.4, -0.2) is 0 Å². The van der Waals surface area contributed by atoms with E-state index in [1.165, 1.54) is 23.7 Å². The van der Waals surface area contributed by atoms with E-state index in [0.717, 1.165) is 0 Å². The Bertz CT molecular complexity index is 124. The third kappa shape index (κ3) is 0.284. The molecule has 0 aromatic rings. The summed E-state index contributed by atoms with van der Waals surface area (Å²) in [6.45, 7) is 0. The average molecular weight is 108 g/mol. The standard InChI is InChI=1S/C8H12/c1-2-7-5(1)3-6-4-8(6)7/h5-8H,1-4H2/t5-,6?,7?,8?/m0/s1. The molecule has 0 bridgehead atoms. The second-order valence-corrected chi connectivity index (χ2v) is 3.90. The summed E-state index contributed by atoms with van der Waals surface area (Å²) in [6, 6.07) is 0. The van der Waals surface area contributed by atoms with Crippen molar-refractivity contribution in [3.05, 3.63) is 0 Å². The largest absolute Gasteiger partial charge is 0.0499 e. The molecule has 3 aliphatic carbocycles. The molecule has 0 N–H and O–H groups in total. The van der Waals surface area contributed by atoms with Crippen molar-refractivity contribution < 1.29 is 0 Å². The van der Waals surface area contributed by atoms with Gasteiger partial charge in [-0.2, -0.15) is 0 Å². The molecule has 0 heteroatoms. The van der Waals surface area contributed by atoms with Crippen LogP contribution in [0.4, 0.5) is 0 Å². The summed E-state index contributed by atoms with van der Waals surface area (Å²) in [7, 11) is 0. The Morgan fingerprint density at radius 3 is 2.12 bits per heavy atom. The van der Waals surface area contributed by atoms with Gasteiger partial charge in [0.1, 0.15) is 0 Å². The van der Waals surface area contributed by atoms with E-state index < -0.39 is 0 Å². The topological polar surface area (TPSA) is 0 Å². The summed E-state index contributed by atoms with van der Waals surface area (Å²) in [4.78, 5) is 0. The molecular formula is C8H12. The van der Waals surface area contributed by atoms with Crippen LogP contribution < -0.4 is 0 Å². The Kier molecular flexibility index (Phi) is 0.482. The number of rotatable bonds is 0. The van der Waals surface area contributed by atoms with Gasteiger partial charge in [-0.3, -0.25) is 0 Å². The van der Waals surface area contributed by atoms with Crippen LogP contribution in [0, 0.1) is 23.7 Å². The highest BCUT2D eigenvalue weighted by atomic mass is 14.6. The molecular weight excluding hydrogens is 96.1 g/mol. The Morgan fingerprint density at radius 2 is 1.75 bits per heavy atom. The van der Waals surface area contributed by atoms with Gasteiger partial charge in [-0.05, 0) is 49.4 Å². The lowest BCUT2D eigenvalue weighted by Crippen LogP contribution is -2.22. The van der Waals surface area contributed by atoms with Crippen LogP contribution in [0.3, 0.4) is 0 Å². The highest BCUT2D eigenvalue weighted by Crippen LogP contribution is 2.65. The first-order valence-electron chi connectivity index (χ1n) is 3.95. The third-order valence-electron chi connectivity index (χ3n) is 3.61. The molecule has 0 aliphatic heterocycles. The van der Waals surface area contributed by atoms with Crippen LogP contribution in [0.25, 0.3) is 0 Å². The van der Waals surface area contributed by atoms with E-state index in [2.05, 4.69) is 0 Å². The summed E-state index contributed by atoms with van der Waals surface area (Å²) < 4.78 is 0. The fourth-order valence-corrected chi connectivity index (χ4v) is 2.91. The normalized spacial score (nSPS) is 66.0. The van der Waals surface area contributed by atoms with Crippen LogP contribution in [0.5, 0.6) is 0 Å². The van der Waals surface area contributed by atoms with Crippen molar-refractivity contribution in [3.8, 4) is 0 Å². The van der Waals surface area contributed by atoms with E-state index in [1.807, 2.05) is 0 Å². The van der Waals surface area contributed by atoms with Gasteiger partial charge in [-0.25, -0.2) is 0 Å². The molecule has 0 amide bonds.